The predicted molar refractivity (Wildman–Crippen MR) is 125 cm³/mol. The Bertz CT molecular complexity index is 830. The molecule has 2 heterocycles. The molecular weight excluding hydrogens is 368 g/mol. The van der Waals surface area contributed by atoms with Crippen LogP contribution in [0, 0.1) is 23.2 Å². The summed E-state index contributed by atoms with van der Waals surface area (Å²) >= 11 is 0. The first kappa shape index (κ1) is 21.3. The van der Waals surface area contributed by atoms with Gasteiger partial charge in [0, 0.05) is 24.5 Å². The summed E-state index contributed by atoms with van der Waals surface area (Å²) in [6.45, 7) is 12.0. The van der Waals surface area contributed by atoms with Crippen molar-refractivity contribution in [1.82, 2.24) is 9.88 Å². The largest absolute Gasteiger partial charge is 0.340 e. The Morgan fingerprint density at radius 3 is 2.80 bits per heavy atom. The zero-order chi connectivity index (χ0) is 21.4. The fraction of sp³-hybridized carbons (Fsp3) is 0.630. The lowest BCUT2D eigenvalue weighted by Crippen LogP contribution is -2.61. The quantitative estimate of drug-likeness (QED) is 0.390. The van der Waals surface area contributed by atoms with Crippen molar-refractivity contribution >= 4 is 18.1 Å². The molecule has 5 unspecified atom stereocenters. The van der Waals surface area contributed by atoms with Gasteiger partial charge in [0.05, 0.1) is 0 Å². The molecule has 162 valence electrons. The number of hydrogen-bond acceptors (Lipinski definition) is 2. The molecule has 30 heavy (non-hydrogen) atoms. The summed E-state index contributed by atoms with van der Waals surface area (Å²) in [5, 5.41) is 0. The normalized spacial score (nSPS) is 35.4. The molecule has 2 fully saturated rings. The zero-order valence-electron chi connectivity index (χ0n) is 19.1. The lowest BCUT2D eigenvalue weighted by molar-refractivity contribution is -0.139. The average molecular weight is 407 g/mol. The Morgan fingerprint density at radius 1 is 1.23 bits per heavy atom. The minimum atomic E-state index is 0.0221. The fourth-order valence-corrected chi connectivity index (χ4v) is 7.19. The highest BCUT2D eigenvalue weighted by molar-refractivity contribution is 5.73. The van der Waals surface area contributed by atoms with Gasteiger partial charge in [0.1, 0.15) is 0 Å². The standard InChI is InChI=1S/C27H38N2O/c1-5-7-8-13-27(4)25-11-14-26(3)23(21-16-20(6-2)17-28-18-21)9-10-24(26)22(25)12-15-29(27)19-30/h6,9,16-19,22,24-25H,2,5,7-8,10-15H2,1,3-4H3. The molecule has 4 rings (SSSR count). The molecule has 3 heteroatoms. The monoisotopic (exact) mass is 406 g/mol. The van der Waals surface area contributed by atoms with Gasteiger partial charge < -0.3 is 4.90 Å². The molecular formula is C27H38N2O. The van der Waals surface area contributed by atoms with Crippen molar-refractivity contribution in [1.29, 1.82) is 0 Å². The highest BCUT2D eigenvalue weighted by Gasteiger charge is 2.57. The summed E-state index contributed by atoms with van der Waals surface area (Å²) in [6, 6.07) is 2.25. The molecule has 0 radical (unpaired) electrons. The molecule has 2 aliphatic carbocycles. The molecule has 1 aromatic heterocycles. The van der Waals surface area contributed by atoms with Gasteiger partial charge in [0.2, 0.25) is 6.41 Å². The van der Waals surface area contributed by atoms with E-state index in [0.717, 1.165) is 37.8 Å². The van der Waals surface area contributed by atoms with Crippen molar-refractivity contribution in [2.45, 2.75) is 77.7 Å². The zero-order valence-corrected chi connectivity index (χ0v) is 19.1. The van der Waals surface area contributed by atoms with Crippen LogP contribution < -0.4 is 0 Å². The van der Waals surface area contributed by atoms with E-state index in [9.17, 15) is 4.79 Å². The van der Waals surface area contributed by atoms with Crippen molar-refractivity contribution in [3.63, 3.8) is 0 Å². The Labute approximate surface area is 182 Å². The first-order chi connectivity index (χ1) is 14.5. The third-order valence-corrected chi connectivity index (χ3v) is 8.90. The van der Waals surface area contributed by atoms with Gasteiger partial charge in [-0.3, -0.25) is 9.78 Å². The minimum absolute atomic E-state index is 0.0221. The minimum Gasteiger partial charge on any atom is -0.340 e. The molecule has 1 saturated heterocycles. The average Bonchev–Trinajstić information content (AvgIpc) is 3.11. The molecule has 0 spiro atoms. The van der Waals surface area contributed by atoms with E-state index in [0.29, 0.717) is 17.8 Å². The maximum Gasteiger partial charge on any atom is 0.210 e. The molecule has 0 N–H and O–H groups in total. The first-order valence-electron chi connectivity index (χ1n) is 12.0. The molecule has 3 aliphatic rings. The van der Waals surface area contributed by atoms with E-state index < -0.39 is 0 Å². The Balaban J connectivity index is 1.61. The third-order valence-electron chi connectivity index (χ3n) is 8.90. The summed E-state index contributed by atoms with van der Waals surface area (Å²) in [5.41, 5.74) is 4.10. The van der Waals surface area contributed by atoms with E-state index in [4.69, 9.17) is 0 Å². The summed E-state index contributed by atoms with van der Waals surface area (Å²) in [4.78, 5) is 18.6. The van der Waals surface area contributed by atoms with E-state index in [2.05, 4.69) is 49.4 Å². The van der Waals surface area contributed by atoms with Gasteiger partial charge in [0.15, 0.2) is 0 Å². The van der Waals surface area contributed by atoms with Gasteiger partial charge in [-0.2, -0.15) is 0 Å². The number of hydrogen-bond donors (Lipinski definition) is 0. The van der Waals surface area contributed by atoms with Crippen molar-refractivity contribution in [2.24, 2.45) is 23.2 Å². The molecule has 1 aromatic rings. The maximum atomic E-state index is 12.0. The third kappa shape index (κ3) is 3.35. The molecule has 5 atom stereocenters. The number of allylic oxidation sites excluding steroid dienone is 2. The summed E-state index contributed by atoms with van der Waals surface area (Å²) < 4.78 is 0. The topological polar surface area (TPSA) is 33.2 Å². The molecule has 1 saturated carbocycles. The number of aromatic nitrogens is 1. The Hall–Kier alpha value is -1.90. The molecule has 0 aromatic carbocycles. The summed E-state index contributed by atoms with van der Waals surface area (Å²) in [5.74, 6) is 2.01. The van der Waals surface area contributed by atoms with E-state index in [1.54, 1.807) is 0 Å². The fourth-order valence-electron chi connectivity index (χ4n) is 7.19. The van der Waals surface area contributed by atoms with E-state index in [1.165, 1.54) is 43.2 Å². The van der Waals surface area contributed by atoms with Crippen LogP contribution in [-0.4, -0.2) is 28.4 Å². The van der Waals surface area contributed by atoms with Crippen LogP contribution in [0.5, 0.6) is 0 Å². The summed E-state index contributed by atoms with van der Waals surface area (Å²) in [6.07, 6.45) is 19.1. The Kier molecular flexibility index (Phi) is 5.92. The number of unbranched alkanes of at least 4 members (excludes halogenated alkanes) is 2. The highest BCUT2D eigenvalue weighted by atomic mass is 16.1. The number of piperidine rings is 1. The second-order valence-electron chi connectivity index (χ2n) is 10.3. The lowest BCUT2D eigenvalue weighted by Gasteiger charge is -2.59. The molecule has 0 bridgehead atoms. The smallest absolute Gasteiger partial charge is 0.210 e. The number of nitrogens with zero attached hydrogens (tertiary/aromatic N) is 2. The Morgan fingerprint density at radius 2 is 2.07 bits per heavy atom. The SMILES string of the molecule is C=Cc1cncc(C2=CCC3C4CCN(C=O)C(C)(CCCCC)C4CCC23C)c1. The van der Waals surface area contributed by atoms with Gasteiger partial charge in [0.25, 0.3) is 0 Å². The number of rotatable bonds is 7. The van der Waals surface area contributed by atoms with Crippen molar-refractivity contribution in [2.75, 3.05) is 6.54 Å². The maximum absolute atomic E-state index is 12.0. The number of fused-ring (bicyclic) bond motifs is 3. The van der Waals surface area contributed by atoms with Crippen LogP contribution in [-0.2, 0) is 4.79 Å². The van der Waals surface area contributed by atoms with Gasteiger partial charge in [-0.25, -0.2) is 0 Å². The van der Waals surface area contributed by atoms with Crippen LogP contribution in [0.2, 0.25) is 0 Å². The number of carbonyl (C=O) groups excluding carboxylic acids is 1. The van der Waals surface area contributed by atoms with Crippen LogP contribution in [0.25, 0.3) is 11.6 Å². The second-order valence-corrected chi connectivity index (χ2v) is 10.3. The molecule has 1 amide bonds. The van der Waals surface area contributed by atoms with Gasteiger partial charge >= 0.3 is 0 Å². The summed E-state index contributed by atoms with van der Waals surface area (Å²) in [7, 11) is 0. The van der Waals surface area contributed by atoms with Crippen LogP contribution in [0.15, 0.2) is 31.1 Å². The van der Waals surface area contributed by atoms with Crippen LogP contribution in [0.1, 0.15) is 83.3 Å². The second kappa shape index (κ2) is 8.32. The molecule has 3 nitrogen and oxygen atoms in total. The van der Waals surface area contributed by atoms with Crippen molar-refractivity contribution in [3.05, 3.63) is 42.2 Å². The number of pyridine rings is 1. The van der Waals surface area contributed by atoms with E-state index in [-0.39, 0.29) is 11.0 Å². The van der Waals surface area contributed by atoms with Crippen LogP contribution in [0.3, 0.4) is 0 Å². The number of carbonyl (C=O) groups is 1. The highest BCUT2D eigenvalue weighted by Crippen LogP contribution is 2.63. The number of likely N-dealkylation sites (tertiary alicyclic amines) is 1. The van der Waals surface area contributed by atoms with Gasteiger partial charge in [-0.05, 0) is 85.0 Å². The lowest BCUT2D eigenvalue weighted by atomic mass is 9.52. The number of amides is 1. The molecule has 1 aliphatic heterocycles. The van der Waals surface area contributed by atoms with Gasteiger partial charge in [-0.1, -0.05) is 51.8 Å². The van der Waals surface area contributed by atoms with Crippen LogP contribution in [0.4, 0.5) is 0 Å². The van der Waals surface area contributed by atoms with Gasteiger partial charge in [-0.15, -0.1) is 0 Å². The van der Waals surface area contributed by atoms with Crippen LogP contribution >= 0.6 is 0 Å². The van der Waals surface area contributed by atoms with Crippen molar-refractivity contribution in [3.8, 4) is 0 Å². The first-order valence-corrected chi connectivity index (χ1v) is 12.0. The predicted octanol–water partition coefficient (Wildman–Crippen LogP) is 6.36. The van der Waals surface area contributed by atoms with E-state index in [1.807, 2.05) is 18.5 Å². The van der Waals surface area contributed by atoms with E-state index >= 15 is 0 Å². The van der Waals surface area contributed by atoms with Crippen molar-refractivity contribution < 1.29 is 4.79 Å².